The molecule has 29 heavy (non-hydrogen) atoms. The van der Waals surface area contributed by atoms with Gasteiger partial charge in [0.2, 0.25) is 0 Å². The first kappa shape index (κ1) is 20.1. The first-order chi connectivity index (χ1) is 14.0. The van der Waals surface area contributed by atoms with Gasteiger partial charge in [-0.05, 0) is 22.3 Å². The van der Waals surface area contributed by atoms with Crippen molar-refractivity contribution in [2.24, 2.45) is 0 Å². The van der Waals surface area contributed by atoms with E-state index in [1.807, 2.05) is 48.5 Å². The summed E-state index contributed by atoms with van der Waals surface area (Å²) < 4.78 is 10.2. The van der Waals surface area contributed by atoms with Crippen molar-refractivity contribution in [1.29, 1.82) is 0 Å². The Morgan fingerprint density at radius 3 is 2.10 bits per heavy atom. The largest absolute Gasteiger partial charge is 0.480 e. The lowest BCUT2D eigenvalue weighted by molar-refractivity contribution is -0.144. The summed E-state index contributed by atoms with van der Waals surface area (Å²) in [4.78, 5) is 36.1. The minimum Gasteiger partial charge on any atom is -0.480 e. The lowest BCUT2D eigenvalue weighted by Gasteiger charge is -2.21. The number of nitrogens with zero attached hydrogens (tertiary/aromatic N) is 1. The molecule has 1 aliphatic carbocycles. The van der Waals surface area contributed by atoms with Crippen LogP contribution in [0.1, 0.15) is 17.0 Å². The fourth-order valence-electron chi connectivity index (χ4n) is 3.39. The number of aliphatic carboxylic acids is 1. The molecule has 0 aromatic heterocycles. The average molecular weight is 395 g/mol. The molecule has 0 saturated heterocycles. The van der Waals surface area contributed by atoms with E-state index in [0.717, 1.165) is 27.2 Å². The van der Waals surface area contributed by atoms with E-state index in [1.165, 1.54) is 6.08 Å². The van der Waals surface area contributed by atoms with Crippen LogP contribution in [0.4, 0.5) is 4.79 Å². The number of ether oxygens (including phenoxy) is 2. The zero-order chi connectivity index (χ0) is 20.8. The fourth-order valence-corrected chi connectivity index (χ4v) is 3.39. The van der Waals surface area contributed by atoms with Gasteiger partial charge in [0.1, 0.15) is 26.3 Å². The van der Waals surface area contributed by atoms with Crippen LogP contribution in [0, 0.1) is 0 Å². The molecule has 1 N–H and O–H groups in total. The van der Waals surface area contributed by atoms with E-state index >= 15 is 0 Å². The van der Waals surface area contributed by atoms with Gasteiger partial charge in [-0.2, -0.15) is 0 Å². The lowest BCUT2D eigenvalue weighted by Crippen LogP contribution is -2.40. The zero-order valence-corrected chi connectivity index (χ0v) is 15.7. The molecule has 0 saturated carbocycles. The van der Waals surface area contributed by atoms with Gasteiger partial charge in [0.05, 0.1) is 0 Å². The number of carboxylic acids is 1. The first-order valence-electron chi connectivity index (χ1n) is 9.09. The molecule has 150 valence electrons. The number of hydrogen-bond acceptors (Lipinski definition) is 5. The number of fused-ring (bicyclic) bond motifs is 3. The Morgan fingerprint density at radius 1 is 0.966 bits per heavy atom. The number of benzene rings is 2. The maximum atomic E-state index is 12.5. The molecule has 0 spiro atoms. The molecule has 1 amide bonds. The van der Waals surface area contributed by atoms with Gasteiger partial charge in [0.25, 0.3) is 0 Å². The van der Waals surface area contributed by atoms with Crippen molar-refractivity contribution in [3.05, 3.63) is 72.3 Å². The fraction of sp³-hybridized carbons (Fsp3) is 0.227. The highest BCUT2D eigenvalue weighted by atomic mass is 16.6. The van der Waals surface area contributed by atoms with Gasteiger partial charge in [-0.3, -0.25) is 14.5 Å². The third-order valence-electron chi connectivity index (χ3n) is 4.60. The molecule has 7 heteroatoms. The maximum absolute atomic E-state index is 12.5. The van der Waals surface area contributed by atoms with Crippen LogP contribution in [0.15, 0.2) is 61.2 Å². The highest BCUT2D eigenvalue weighted by Crippen LogP contribution is 2.44. The molecule has 0 fully saturated rings. The summed E-state index contributed by atoms with van der Waals surface area (Å²) in [5.74, 6) is -2.15. The second-order valence-corrected chi connectivity index (χ2v) is 6.53. The minimum absolute atomic E-state index is 0.0234. The predicted molar refractivity (Wildman–Crippen MR) is 105 cm³/mol. The Kier molecular flexibility index (Phi) is 6.29. The van der Waals surface area contributed by atoms with E-state index in [9.17, 15) is 14.4 Å². The highest BCUT2D eigenvalue weighted by molar-refractivity contribution is 5.82. The SMILES string of the molecule is C=CCOC(=O)CN(CC(=O)O)C(=O)OCC1c2ccccc2-c2ccccc21. The molecule has 2 aromatic rings. The molecule has 0 heterocycles. The number of rotatable bonds is 8. The van der Waals surface area contributed by atoms with Crippen LogP contribution in [0.25, 0.3) is 11.1 Å². The molecule has 3 rings (SSSR count). The number of carbonyl (C=O) groups excluding carboxylic acids is 2. The van der Waals surface area contributed by atoms with Gasteiger partial charge in [-0.1, -0.05) is 61.2 Å². The highest BCUT2D eigenvalue weighted by Gasteiger charge is 2.30. The van der Waals surface area contributed by atoms with Crippen molar-refractivity contribution in [3.8, 4) is 11.1 Å². The number of esters is 1. The predicted octanol–water partition coefficient (Wildman–Crippen LogP) is 3.05. The monoisotopic (exact) mass is 395 g/mol. The van der Waals surface area contributed by atoms with Crippen LogP contribution in [0.3, 0.4) is 0 Å². The third-order valence-corrected chi connectivity index (χ3v) is 4.60. The van der Waals surface area contributed by atoms with Gasteiger partial charge >= 0.3 is 18.0 Å². The smallest absolute Gasteiger partial charge is 0.410 e. The summed E-state index contributed by atoms with van der Waals surface area (Å²) in [6.07, 6.45) is 0.497. The summed E-state index contributed by atoms with van der Waals surface area (Å²) in [5, 5.41) is 9.04. The van der Waals surface area contributed by atoms with Crippen LogP contribution in [-0.4, -0.2) is 54.3 Å². The van der Waals surface area contributed by atoms with Gasteiger partial charge in [-0.15, -0.1) is 0 Å². The van der Waals surface area contributed by atoms with E-state index in [0.29, 0.717) is 0 Å². The van der Waals surface area contributed by atoms with Crippen LogP contribution in [0.2, 0.25) is 0 Å². The molecule has 0 radical (unpaired) electrons. The second kappa shape index (κ2) is 9.05. The van der Waals surface area contributed by atoms with Crippen molar-refractivity contribution >= 4 is 18.0 Å². The quantitative estimate of drug-likeness (QED) is 0.545. The zero-order valence-electron chi connectivity index (χ0n) is 15.7. The van der Waals surface area contributed by atoms with Crippen molar-refractivity contribution in [2.45, 2.75) is 5.92 Å². The van der Waals surface area contributed by atoms with Crippen LogP contribution >= 0.6 is 0 Å². The second-order valence-electron chi connectivity index (χ2n) is 6.53. The molecular weight excluding hydrogens is 374 g/mol. The molecule has 0 aliphatic heterocycles. The summed E-state index contributed by atoms with van der Waals surface area (Å²) in [5.41, 5.74) is 4.24. The summed E-state index contributed by atoms with van der Waals surface area (Å²) in [6, 6.07) is 15.7. The minimum atomic E-state index is -1.25. The van der Waals surface area contributed by atoms with Gasteiger partial charge in [0.15, 0.2) is 0 Å². The van der Waals surface area contributed by atoms with Gasteiger partial charge in [-0.25, -0.2) is 4.79 Å². The first-order valence-corrected chi connectivity index (χ1v) is 9.09. The Hall–Kier alpha value is -3.61. The molecule has 2 aromatic carbocycles. The molecule has 7 nitrogen and oxygen atoms in total. The summed E-state index contributed by atoms with van der Waals surface area (Å²) >= 11 is 0. The Balaban J connectivity index is 1.71. The number of amides is 1. The standard InChI is InChI=1S/C22H21NO6/c1-2-11-28-21(26)13-23(12-20(24)25)22(27)29-14-19-17-9-5-3-7-15(17)16-8-4-6-10-18(16)19/h2-10,19H,1,11-14H2,(H,24,25). The maximum Gasteiger partial charge on any atom is 0.410 e. The van der Waals surface area contributed by atoms with E-state index < -0.39 is 31.1 Å². The van der Waals surface area contributed by atoms with Crippen LogP contribution in [0.5, 0.6) is 0 Å². The lowest BCUT2D eigenvalue weighted by atomic mass is 9.98. The van der Waals surface area contributed by atoms with E-state index in [1.54, 1.807) is 0 Å². The van der Waals surface area contributed by atoms with E-state index in [-0.39, 0.29) is 19.1 Å². The number of hydrogen-bond donors (Lipinski definition) is 1. The molecule has 0 unspecified atom stereocenters. The average Bonchev–Trinajstić information content (AvgIpc) is 3.03. The van der Waals surface area contributed by atoms with Crippen molar-refractivity contribution in [2.75, 3.05) is 26.3 Å². The summed E-state index contributed by atoms with van der Waals surface area (Å²) in [6.45, 7) is 2.25. The van der Waals surface area contributed by atoms with Gasteiger partial charge < -0.3 is 14.6 Å². The molecule has 0 bridgehead atoms. The van der Waals surface area contributed by atoms with Crippen LogP contribution < -0.4 is 0 Å². The summed E-state index contributed by atoms with van der Waals surface area (Å²) in [7, 11) is 0. The van der Waals surface area contributed by atoms with Crippen molar-refractivity contribution in [3.63, 3.8) is 0 Å². The topological polar surface area (TPSA) is 93.1 Å². The van der Waals surface area contributed by atoms with Crippen LogP contribution in [-0.2, 0) is 19.1 Å². The van der Waals surface area contributed by atoms with Crippen molar-refractivity contribution < 1.29 is 29.0 Å². The molecule has 0 atom stereocenters. The molecule has 1 aliphatic rings. The van der Waals surface area contributed by atoms with E-state index in [4.69, 9.17) is 14.6 Å². The Morgan fingerprint density at radius 2 is 1.55 bits per heavy atom. The van der Waals surface area contributed by atoms with Gasteiger partial charge in [0, 0.05) is 5.92 Å². The van der Waals surface area contributed by atoms with E-state index in [2.05, 4.69) is 6.58 Å². The third kappa shape index (κ3) is 4.63. The Bertz CT molecular complexity index is 893. The molecular formula is C22H21NO6. The number of carboxylic acid groups (broad SMARTS) is 1. The number of carbonyl (C=O) groups is 3. The normalized spacial score (nSPS) is 11.9. The Labute approximate surface area is 168 Å². The van der Waals surface area contributed by atoms with Crippen molar-refractivity contribution in [1.82, 2.24) is 4.90 Å².